The molecule has 0 fully saturated rings. The second-order valence-electron chi connectivity index (χ2n) is 5.70. The zero-order valence-corrected chi connectivity index (χ0v) is 14.5. The van der Waals surface area contributed by atoms with Crippen LogP contribution in [-0.4, -0.2) is 18.6 Å². The van der Waals surface area contributed by atoms with E-state index in [9.17, 15) is 4.79 Å². The van der Waals surface area contributed by atoms with Crippen LogP contribution in [0.2, 0.25) is 0 Å². The van der Waals surface area contributed by atoms with Gasteiger partial charge in [-0.25, -0.2) is 0 Å². The molecule has 1 unspecified atom stereocenters. The molecule has 24 heavy (non-hydrogen) atoms. The number of anilines is 1. The van der Waals surface area contributed by atoms with E-state index in [1.807, 2.05) is 55.5 Å². The molecule has 0 radical (unpaired) electrons. The molecule has 0 aliphatic rings. The van der Waals surface area contributed by atoms with Crippen molar-refractivity contribution < 1.29 is 14.3 Å². The van der Waals surface area contributed by atoms with E-state index in [0.717, 1.165) is 18.6 Å². The number of hydrogen-bond acceptors (Lipinski definition) is 3. The van der Waals surface area contributed by atoms with Crippen LogP contribution in [0.4, 0.5) is 5.69 Å². The molecule has 0 aliphatic heterocycles. The lowest BCUT2D eigenvalue weighted by molar-refractivity contribution is -0.118. The Bertz CT molecular complexity index is 669. The molecule has 4 heteroatoms. The van der Waals surface area contributed by atoms with Gasteiger partial charge in [0.05, 0.1) is 6.10 Å². The Balaban J connectivity index is 1.88. The summed E-state index contributed by atoms with van der Waals surface area (Å²) >= 11 is 0. The van der Waals surface area contributed by atoms with Crippen LogP contribution in [0.1, 0.15) is 32.8 Å². The largest absolute Gasteiger partial charge is 0.491 e. The van der Waals surface area contributed by atoms with Gasteiger partial charge < -0.3 is 14.8 Å². The Morgan fingerprint density at radius 1 is 1.08 bits per heavy atom. The fourth-order valence-corrected chi connectivity index (χ4v) is 2.16. The van der Waals surface area contributed by atoms with Crippen molar-refractivity contribution in [1.29, 1.82) is 0 Å². The molecule has 4 nitrogen and oxygen atoms in total. The lowest BCUT2D eigenvalue weighted by atomic mass is 10.2. The van der Waals surface area contributed by atoms with Gasteiger partial charge in [0.1, 0.15) is 11.5 Å². The molecular weight excluding hydrogens is 302 g/mol. The Labute approximate surface area is 143 Å². The number of carbonyl (C=O) groups excluding carboxylic acids is 1. The third-order valence-corrected chi connectivity index (χ3v) is 3.71. The highest BCUT2D eigenvalue weighted by molar-refractivity contribution is 5.92. The maximum absolute atomic E-state index is 12.1. The summed E-state index contributed by atoms with van der Waals surface area (Å²) in [5, 5.41) is 2.83. The average Bonchev–Trinajstić information content (AvgIpc) is 2.60. The van der Waals surface area contributed by atoms with E-state index >= 15 is 0 Å². The van der Waals surface area contributed by atoms with E-state index in [4.69, 9.17) is 9.47 Å². The summed E-state index contributed by atoms with van der Waals surface area (Å²) in [7, 11) is 0. The zero-order valence-electron chi connectivity index (χ0n) is 14.5. The monoisotopic (exact) mass is 327 g/mol. The van der Waals surface area contributed by atoms with Gasteiger partial charge in [0, 0.05) is 11.8 Å². The molecule has 1 atom stereocenters. The van der Waals surface area contributed by atoms with Gasteiger partial charge in [-0.1, -0.05) is 32.0 Å². The summed E-state index contributed by atoms with van der Waals surface area (Å²) in [5.74, 6) is 1.26. The van der Waals surface area contributed by atoms with Gasteiger partial charge >= 0.3 is 0 Å². The first-order valence-electron chi connectivity index (χ1n) is 8.39. The molecule has 0 saturated carbocycles. The van der Waals surface area contributed by atoms with E-state index in [1.54, 1.807) is 0 Å². The molecule has 1 amide bonds. The molecule has 0 saturated heterocycles. The normalized spacial score (nSPS) is 11.6. The summed E-state index contributed by atoms with van der Waals surface area (Å²) in [4.78, 5) is 12.1. The molecule has 2 rings (SSSR count). The average molecular weight is 327 g/mol. The van der Waals surface area contributed by atoms with E-state index in [1.165, 1.54) is 5.56 Å². The summed E-state index contributed by atoms with van der Waals surface area (Å²) in [6.07, 6.45) is 2.01. The van der Waals surface area contributed by atoms with Crippen LogP contribution in [0.15, 0.2) is 48.5 Å². The van der Waals surface area contributed by atoms with E-state index < -0.39 is 0 Å². The van der Waals surface area contributed by atoms with Crippen LogP contribution in [0.25, 0.3) is 0 Å². The smallest absolute Gasteiger partial charge is 0.262 e. The van der Waals surface area contributed by atoms with Crippen molar-refractivity contribution in [3.63, 3.8) is 0 Å². The highest BCUT2D eigenvalue weighted by Crippen LogP contribution is 2.19. The first kappa shape index (κ1) is 17.9. The number of rotatable bonds is 8. The molecule has 0 heterocycles. The predicted octanol–water partition coefficient (Wildman–Crippen LogP) is 4.44. The first-order chi connectivity index (χ1) is 11.6. The van der Waals surface area contributed by atoms with Crippen LogP contribution in [0.3, 0.4) is 0 Å². The molecule has 128 valence electrons. The maximum atomic E-state index is 12.1. The lowest BCUT2D eigenvalue weighted by Gasteiger charge is -2.14. The molecule has 0 aliphatic carbocycles. The van der Waals surface area contributed by atoms with Gasteiger partial charge in [0.25, 0.3) is 5.91 Å². The van der Waals surface area contributed by atoms with E-state index in [2.05, 4.69) is 19.2 Å². The standard InChI is InChI=1S/C20H25NO3/c1-4-15(3)24-19-11-7-9-17(13-19)21-20(22)14-23-18-10-6-8-16(5-2)12-18/h6-13,15H,4-5,14H2,1-3H3,(H,21,22). The Morgan fingerprint density at radius 2 is 1.83 bits per heavy atom. The number of carbonyl (C=O) groups is 1. The van der Waals surface area contributed by atoms with Crippen molar-refractivity contribution in [2.24, 2.45) is 0 Å². The SMILES string of the molecule is CCc1cccc(OCC(=O)Nc2cccc(OC(C)CC)c2)c1. The van der Waals surface area contributed by atoms with Crippen molar-refractivity contribution in [3.8, 4) is 11.5 Å². The van der Waals surface area contributed by atoms with Crippen LogP contribution < -0.4 is 14.8 Å². The van der Waals surface area contributed by atoms with Crippen molar-refractivity contribution in [3.05, 3.63) is 54.1 Å². The van der Waals surface area contributed by atoms with Gasteiger partial charge in [-0.2, -0.15) is 0 Å². The van der Waals surface area contributed by atoms with Crippen LogP contribution in [0.5, 0.6) is 11.5 Å². The molecule has 2 aromatic carbocycles. The van der Waals surface area contributed by atoms with Crippen LogP contribution in [-0.2, 0) is 11.2 Å². The lowest BCUT2D eigenvalue weighted by Crippen LogP contribution is -2.20. The van der Waals surface area contributed by atoms with Gasteiger partial charge in [-0.15, -0.1) is 0 Å². The molecular formula is C20H25NO3. The zero-order chi connectivity index (χ0) is 17.4. The number of benzene rings is 2. The Kier molecular flexibility index (Phi) is 6.67. The minimum Gasteiger partial charge on any atom is -0.491 e. The first-order valence-corrected chi connectivity index (χ1v) is 8.39. The second kappa shape index (κ2) is 8.96. The number of hydrogen-bond donors (Lipinski definition) is 1. The summed E-state index contributed by atoms with van der Waals surface area (Å²) in [6.45, 7) is 6.15. The van der Waals surface area contributed by atoms with Crippen LogP contribution >= 0.6 is 0 Å². The van der Waals surface area contributed by atoms with Gasteiger partial charge in [0.2, 0.25) is 0 Å². The number of nitrogens with one attached hydrogen (secondary N) is 1. The van der Waals surface area contributed by atoms with Crippen molar-refractivity contribution in [2.75, 3.05) is 11.9 Å². The molecule has 0 bridgehead atoms. The van der Waals surface area contributed by atoms with Crippen molar-refractivity contribution in [1.82, 2.24) is 0 Å². The Morgan fingerprint density at radius 3 is 2.58 bits per heavy atom. The van der Waals surface area contributed by atoms with Crippen molar-refractivity contribution in [2.45, 2.75) is 39.7 Å². The highest BCUT2D eigenvalue weighted by Gasteiger charge is 2.06. The molecule has 0 spiro atoms. The van der Waals surface area contributed by atoms with E-state index in [-0.39, 0.29) is 18.6 Å². The summed E-state index contributed by atoms with van der Waals surface area (Å²) < 4.78 is 11.3. The highest BCUT2D eigenvalue weighted by atomic mass is 16.5. The predicted molar refractivity (Wildman–Crippen MR) is 96.8 cm³/mol. The number of ether oxygens (including phenoxy) is 2. The number of aryl methyl sites for hydroxylation is 1. The van der Waals surface area contributed by atoms with Crippen molar-refractivity contribution >= 4 is 11.6 Å². The Hall–Kier alpha value is -2.49. The van der Waals surface area contributed by atoms with Gasteiger partial charge in [0.15, 0.2) is 6.61 Å². The maximum Gasteiger partial charge on any atom is 0.262 e. The van der Waals surface area contributed by atoms with Gasteiger partial charge in [-0.05, 0) is 49.6 Å². The minimum atomic E-state index is -0.197. The number of amides is 1. The summed E-state index contributed by atoms with van der Waals surface area (Å²) in [6, 6.07) is 15.2. The molecule has 0 aromatic heterocycles. The second-order valence-corrected chi connectivity index (χ2v) is 5.70. The third-order valence-electron chi connectivity index (χ3n) is 3.71. The molecule has 2 aromatic rings. The fourth-order valence-electron chi connectivity index (χ4n) is 2.16. The van der Waals surface area contributed by atoms with Crippen LogP contribution in [0, 0.1) is 0 Å². The minimum absolute atomic E-state index is 0.0242. The fraction of sp³-hybridized carbons (Fsp3) is 0.350. The topological polar surface area (TPSA) is 47.6 Å². The third kappa shape index (κ3) is 5.61. The van der Waals surface area contributed by atoms with E-state index in [0.29, 0.717) is 11.4 Å². The summed E-state index contributed by atoms with van der Waals surface area (Å²) in [5.41, 5.74) is 1.88. The quantitative estimate of drug-likeness (QED) is 0.779. The van der Waals surface area contributed by atoms with Gasteiger partial charge in [-0.3, -0.25) is 4.79 Å². The molecule has 1 N–H and O–H groups in total.